The van der Waals surface area contributed by atoms with Crippen LogP contribution in [-0.2, 0) is 4.79 Å². The van der Waals surface area contributed by atoms with E-state index in [1.807, 2.05) is 38.1 Å². The average Bonchev–Trinajstić information content (AvgIpc) is 2.58. The van der Waals surface area contributed by atoms with E-state index in [-0.39, 0.29) is 11.8 Å². The van der Waals surface area contributed by atoms with Crippen molar-refractivity contribution in [3.63, 3.8) is 0 Å². The molecule has 1 unspecified atom stereocenters. The summed E-state index contributed by atoms with van der Waals surface area (Å²) in [5, 5.41) is 5.66. The summed E-state index contributed by atoms with van der Waals surface area (Å²) in [6.45, 7) is 3.88. The standard InChI is InChI=1S/C19H23N3O2/c1-3-7-16(20)19(24)22-17-12-15(11-10-13(17)2)21-18(23)14-8-5-4-6-9-14/h4-6,8-12,16H,3,7,20H2,1-2H3,(H,21,23)(H,22,24). The topological polar surface area (TPSA) is 84.2 Å². The first-order chi connectivity index (χ1) is 11.5. The molecule has 0 saturated heterocycles. The van der Waals surface area contributed by atoms with Gasteiger partial charge in [0.25, 0.3) is 5.91 Å². The van der Waals surface area contributed by atoms with Crippen LogP contribution in [0.4, 0.5) is 11.4 Å². The Labute approximate surface area is 142 Å². The van der Waals surface area contributed by atoms with E-state index in [1.165, 1.54) is 0 Å². The highest BCUT2D eigenvalue weighted by atomic mass is 16.2. The van der Waals surface area contributed by atoms with Gasteiger partial charge in [0.15, 0.2) is 0 Å². The molecule has 126 valence electrons. The number of aryl methyl sites for hydroxylation is 1. The van der Waals surface area contributed by atoms with E-state index in [9.17, 15) is 9.59 Å². The summed E-state index contributed by atoms with van der Waals surface area (Å²) in [6.07, 6.45) is 1.48. The lowest BCUT2D eigenvalue weighted by atomic mass is 10.1. The molecule has 0 bridgehead atoms. The van der Waals surface area contributed by atoms with Gasteiger partial charge in [-0.3, -0.25) is 9.59 Å². The minimum Gasteiger partial charge on any atom is -0.324 e. The Balaban J connectivity index is 2.11. The van der Waals surface area contributed by atoms with E-state index >= 15 is 0 Å². The molecule has 2 amide bonds. The molecule has 2 aromatic carbocycles. The summed E-state index contributed by atoms with van der Waals surface area (Å²) >= 11 is 0. The van der Waals surface area contributed by atoms with Gasteiger partial charge in [-0.25, -0.2) is 0 Å². The van der Waals surface area contributed by atoms with E-state index in [0.717, 1.165) is 12.0 Å². The van der Waals surface area contributed by atoms with Crippen molar-refractivity contribution in [3.8, 4) is 0 Å². The number of nitrogens with two attached hydrogens (primary N) is 1. The van der Waals surface area contributed by atoms with E-state index in [4.69, 9.17) is 5.73 Å². The molecule has 4 N–H and O–H groups in total. The highest BCUT2D eigenvalue weighted by Gasteiger charge is 2.14. The van der Waals surface area contributed by atoms with E-state index < -0.39 is 6.04 Å². The fraction of sp³-hybridized carbons (Fsp3) is 0.263. The van der Waals surface area contributed by atoms with Gasteiger partial charge in [-0.15, -0.1) is 0 Å². The van der Waals surface area contributed by atoms with Crippen LogP contribution < -0.4 is 16.4 Å². The maximum Gasteiger partial charge on any atom is 0.255 e. The zero-order valence-corrected chi connectivity index (χ0v) is 14.0. The number of hydrogen-bond donors (Lipinski definition) is 3. The molecule has 0 saturated carbocycles. The first kappa shape index (κ1) is 17.7. The second-order valence-corrected chi connectivity index (χ2v) is 5.73. The number of carbonyl (C=O) groups is 2. The number of carbonyl (C=O) groups excluding carboxylic acids is 2. The fourth-order valence-corrected chi connectivity index (χ4v) is 2.29. The summed E-state index contributed by atoms with van der Waals surface area (Å²) in [6, 6.07) is 13.8. The molecule has 0 aliphatic rings. The lowest BCUT2D eigenvalue weighted by Gasteiger charge is -2.14. The third-order valence-electron chi connectivity index (χ3n) is 3.73. The van der Waals surface area contributed by atoms with Crippen molar-refractivity contribution in [1.29, 1.82) is 0 Å². The van der Waals surface area contributed by atoms with Crippen molar-refractivity contribution >= 4 is 23.2 Å². The van der Waals surface area contributed by atoms with Crippen LogP contribution in [0.1, 0.15) is 35.7 Å². The third-order valence-corrected chi connectivity index (χ3v) is 3.73. The number of amides is 2. The summed E-state index contributed by atoms with van der Waals surface area (Å²) in [5.74, 6) is -0.411. The fourth-order valence-electron chi connectivity index (χ4n) is 2.29. The van der Waals surface area contributed by atoms with Crippen LogP contribution in [0.2, 0.25) is 0 Å². The van der Waals surface area contributed by atoms with E-state index in [2.05, 4.69) is 10.6 Å². The smallest absolute Gasteiger partial charge is 0.255 e. The van der Waals surface area contributed by atoms with Gasteiger partial charge in [0.05, 0.1) is 6.04 Å². The minimum atomic E-state index is -0.531. The van der Waals surface area contributed by atoms with Gasteiger partial charge in [0, 0.05) is 16.9 Å². The quantitative estimate of drug-likeness (QED) is 0.762. The summed E-state index contributed by atoms with van der Waals surface area (Å²) in [4.78, 5) is 24.3. The molecule has 0 aliphatic heterocycles. The molecule has 2 aromatic rings. The second-order valence-electron chi connectivity index (χ2n) is 5.73. The Kier molecular flexibility index (Phi) is 6.09. The molecule has 0 spiro atoms. The zero-order chi connectivity index (χ0) is 17.5. The maximum absolute atomic E-state index is 12.2. The molecular weight excluding hydrogens is 302 g/mol. The molecule has 24 heavy (non-hydrogen) atoms. The largest absolute Gasteiger partial charge is 0.324 e. The summed E-state index contributed by atoms with van der Waals surface area (Å²) in [5.41, 5.74) is 8.59. The van der Waals surface area contributed by atoms with Gasteiger partial charge in [0.1, 0.15) is 0 Å². The van der Waals surface area contributed by atoms with Crippen LogP contribution in [0, 0.1) is 6.92 Å². The van der Waals surface area contributed by atoms with Crippen molar-refractivity contribution in [2.24, 2.45) is 5.73 Å². The number of nitrogens with one attached hydrogen (secondary N) is 2. The molecule has 5 heteroatoms. The molecular formula is C19H23N3O2. The Bertz CT molecular complexity index is 714. The molecule has 2 rings (SSSR count). The Morgan fingerprint density at radius 1 is 1.08 bits per heavy atom. The second kappa shape index (κ2) is 8.26. The molecule has 0 fully saturated rings. The SMILES string of the molecule is CCCC(N)C(=O)Nc1cc(NC(=O)c2ccccc2)ccc1C. The summed E-state index contributed by atoms with van der Waals surface area (Å²) in [7, 11) is 0. The molecule has 0 aliphatic carbocycles. The molecule has 5 nitrogen and oxygen atoms in total. The monoisotopic (exact) mass is 325 g/mol. The minimum absolute atomic E-state index is 0.195. The Hall–Kier alpha value is -2.66. The van der Waals surface area contributed by atoms with Gasteiger partial charge >= 0.3 is 0 Å². The van der Waals surface area contributed by atoms with Gasteiger partial charge < -0.3 is 16.4 Å². The molecule has 1 atom stereocenters. The third kappa shape index (κ3) is 4.67. The average molecular weight is 325 g/mol. The highest BCUT2D eigenvalue weighted by Crippen LogP contribution is 2.21. The lowest BCUT2D eigenvalue weighted by Crippen LogP contribution is -2.35. The van der Waals surface area contributed by atoms with Crippen LogP contribution in [0.3, 0.4) is 0 Å². The van der Waals surface area contributed by atoms with Crippen LogP contribution in [0.5, 0.6) is 0 Å². The zero-order valence-electron chi connectivity index (χ0n) is 14.0. The number of rotatable bonds is 6. The van der Waals surface area contributed by atoms with Crippen molar-refractivity contribution in [2.75, 3.05) is 10.6 Å². The van der Waals surface area contributed by atoms with Crippen LogP contribution >= 0.6 is 0 Å². The van der Waals surface area contributed by atoms with Gasteiger partial charge in [-0.1, -0.05) is 37.6 Å². The van der Waals surface area contributed by atoms with Crippen molar-refractivity contribution in [1.82, 2.24) is 0 Å². The van der Waals surface area contributed by atoms with E-state index in [0.29, 0.717) is 23.4 Å². The predicted octanol–water partition coefficient (Wildman–Crippen LogP) is 3.31. The van der Waals surface area contributed by atoms with Gasteiger partial charge in [-0.05, 0) is 43.2 Å². The van der Waals surface area contributed by atoms with E-state index in [1.54, 1.807) is 24.3 Å². The van der Waals surface area contributed by atoms with Crippen molar-refractivity contribution in [2.45, 2.75) is 32.7 Å². The van der Waals surface area contributed by atoms with Gasteiger partial charge in [-0.2, -0.15) is 0 Å². The van der Waals surface area contributed by atoms with Crippen LogP contribution in [0.25, 0.3) is 0 Å². The number of benzene rings is 2. The molecule has 0 radical (unpaired) electrons. The van der Waals surface area contributed by atoms with Crippen molar-refractivity contribution in [3.05, 3.63) is 59.7 Å². The molecule has 0 heterocycles. The van der Waals surface area contributed by atoms with Crippen LogP contribution in [0.15, 0.2) is 48.5 Å². The predicted molar refractivity (Wildman–Crippen MR) is 97.1 cm³/mol. The Morgan fingerprint density at radius 3 is 2.46 bits per heavy atom. The first-order valence-electron chi connectivity index (χ1n) is 8.04. The number of hydrogen-bond acceptors (Lipinski definition) is 3. The number of anilines is 2. The lowest BCUT2D eigenvalue weighted by molar-refractivity contribution is -0.117. The van der Waals surface area contributed by atoms with Crippen LogP contribution in [-0.4, -0.2) is 17.9 Å². The normalized spacial score (nSPS) is 11.6. The summed E-state index contributed by atoms with van der Waals surface area (Å²) < 4.78 is 0. The highest BCUT2D eigenvalue weighted by molar-refractivity contribution is 6.04. The van der Waals surface area contributed by atoms with Crippen molar-refractivity contribution < 1.29 is 9.59 Å². The van der Waals surface area contributed by atoms with Gasteiger partial charge in [0.2, 0.25) is 5.91 Å². The first-order valence-corrected chi connectivity index (χ1v) is 8.04. The molecule has 0 aromatic heterocycles. The Morgan fingerprint density at radius 2 is 1.79 bits per heavy atom. The maximum atomic E-state index is 12.2.